The lowest BCUT2D eigenvalue weighted by molar-refractivity contribution is 0.152. The minimum atomic E-state index is -0.224. The number of nitrogens with zero attached hydrogens (tertiary/aromatic N) is 2. The summed E-state index contributed by atoms with van der Waals surface area (Å²) in [4.78, 5) is 17.5. The Hall–Kier alpha value is -1.27. The third-order valence-electron chi connectivity index (χ3n) is 4.77. The molecule has 2 amide bonds. The number of benzene rings is 1. The fourth-order valence-corrected chi connectivity index (χ4v) is 3.98. The Morgan fingerprint density at radius 1 is 1.35 bits per heavy atom. The number of carbonyl (C=O) groups excluding carboxylic acids is 1. The van der Waals surface area contributed by atoms with Gasteiger partial charge in [-0.05, 0) is 51.2 Å². The summed E-state index contributed by atoms with van der Waals surface area (Å²) < 4.78 is 14.2. The fraction of sp³-hybridized carbons (Fsp3) is 0.588. The lowest BCUT2D eigenvalue weighted by atomic mass is 10.0. The van der Waals surface area contributed by atoms with Crippen molar-refractivity contribution in [2.24, 2.45) is 0 Å². The molecule has 3 rings (SSSR count). The first-order valence-electron chi connectivity index (χ1n) is 8.20. The molecular weight excluding hydrogens is 313 g/mol. The van der Waals surface area contributed by atoms with Crippen LogP contribution in [0.4, 0.5) is 9.18 Å². The third kappa shape index (κ3) is 3.48. The van der Waals surface area contributed by atoms with Gasteiger partial charge in [-0.1, -0.05) is 6.07 Å². The molecule has 23 heavy (non-hydrogen) atoms. The van der Waals surface area contributed by atoms with Gasteiger partial charge in [-0.25, -0.2) is 9.18 Å². The molecule has 1 unspecified atom stereocenters. The summed E-state index contributed by atoms with van der Waals surface area (Å²) in [5.41, 5.74) is 0.593. The summed E-state index contributed by atoms with van der Waals surface area (Å²) in [6.45, 7) is 5.04. The van der Waals surface area contributed by atoms with E-state index in [9.17, 15) is 9.18 Å². The number of carbonyl (C=O) groups is 1. The van der Waals surface area contributed by atoms with Crippen molar-refractivity contribution in [3.8, 4) is 0 Å². The van der Waals surface area contributed by atoms with Gasteiger partial charge in [0.1, 0.15) is 5.82 Å². The second-order valence-corrected chi connectivity index (χ2v) is 7.24. The van der Waals surface area contributed by atoms with E-state index in [4.69, 9.17) is 0 Å². The molecule has 0 aliphatic carbocycles. The maximum atomic E-state index is 14.2. The Kier molecular flexibility index (Phi) is 5.11. The summed E-state index contributed by atoms with van der Waals surface area (Å²) in [7, 11) is 0. The van der Waals surface area contributed by atoms with E-state index in [1.807, 2.05) is 17.2 Å². The van der Waals surface area contributed by atoms with Gasteiger partial charge in [-0.15, -0.1) is 11.8 Å². The normalized spacial score (nSPS) is 22.9. The van der Waals surface area contributed by atoms with Gasteiger partial charge in [-0.2, -0.15) is 0 Å². The number of nitrogens with one attached hydrogen (secondary N) is 1. The minimum absolute atomic E-state index is 0.0535. The number of hydrogen-bond donors (Lipinski definition) is 1. The lowest BCUT2D eigenvalue weighted by Crippen LogP contribution is -2.47. The molecule has 0 spiro atoms. The van der Waals surface area contributed by atoms with E-state index in [0.717, 1.165) is 30.8 Å². The van der Waals surface area contributed by atoms with Crippen LogP contribution in [-0.4, -0.2) is 53.8 Å². The topological polar surface area (TPSA) is 35.6 Å². The smallest absolute Gasteiger partial charge is 0.318 e. The van der Waals surface area contributed by atoms with E-state index in [1.165, 1.54) is 11.8 Å². The molecule has 1 N–H and O–H groups in total. The van der Waals surface area contributed by atoms with E-state index in [-0.39, 0.29) is 17.9 Å². The Morgan fingerprint density at radius 2 is 2.09 bits per heavy atom. The van der Waals surface area contributed by atoms with Crippen molar-refractivity contribution in [3.05, 3.63) is 29.6 Å². The van der Waals surface area contributed by atoms with Crippen LogP contribution in [0.3, 0.4) is 0 Å². The lowest BCUT2D eigenvalue weighted by Gasteiger charge is -2.33. The monoisotopic (exact) mass is 337 g/mol. The predicted octanol–water partition coefficient (Wildman–Crippen LogP) is 2.93. The molecule has 0 aromatic heterocycles. The molecule has 1 aromatic rings. The van der Waals surface area contributed by atoms with Gasteiger partial charge in [-0.3, -0.25) is 0 Å². The molecule has 2 aliphatic heterocycles. The van der Waals surface area contributed by atoms with Gasteiger partial charge in [0.15, 0.2) is 0 Å². The van der Waals surface area contributed by atoms with E-state index in [1.54, 1.807) is 17.0 Å². The molecule has 126 valence electrons. The molecule has 4 nitrogen and oxygen atoms in total. The second-order valence-electron chi connectivity index (χ2n) is 6.36. The maximum Gasteiger partial charge on any atom is 0.320 e. The minimum Gasteiger partial charge on any atom is -0.318 e. The highest BCUT2D eigenvalue weighted by molar-refractivity contribution is 7.98. The number of halogens is 1. The fourth-order valence-electron chi connectivity index (χ4n) is 3.56. The molecule has 2 aliphatic rings. The van der Waals surface area contributed by atoms with Crippen LogP contribution >= 0.6 is 11.8 Å². The molecule has 0 saturated carbocycles. The van der Waals surface area contributed by atoms with E-state index >= 15 is 0 Å². The molecule has 2 saturated heterocycles. The number of rotatable bonds is 4. The van der Waals surface area contributed by atoms with Crippen LogP contribution in [0, 0.1) is 5.82 Å². The largest absolute Gasteiger partial charge is 0.320 e. The highest BCUT2D eigenvalue weighted by Gasteiger charge is 2.39. The molecule has 2 fully saturated rings. The van der Waals surface area contributed by atoms with E-state index < -0.39 is 0 Å². The Labute approximate surface area is 141 Å². The zero-order chi connectivity index (χ0) is 16.4. The molecule has 6 heteroatoms. The zero-order valence-corrected chi connectivity index (χ0v) is 14.5. The van der Waals surface area contributed by atoms with Crippen LogP contribution in [0.5, 0.6) is 0 Å². The van der Waals surface area contributed by atoms with Crippen molar-refractivity contribution < 1.29 is 9.18 Å². The van der Waals surface area contributed by atoms with Crippen LogP contribution in [0.25, 0.3) is 0 Å². The van der Waals surface area contributed by atoms with Crippen LogP contribution in [0.1, 0.15) is 25.3 Å². The standard InChI is InChI=1S/C17H24FN3OS/c1-12-10-20(11-13-3-4-15(23-2)9-16(13)18)17(22)21(12)14-5-7-19-8-6-14/h3-4,9,12,14,19H,5-8,10-11H2,1-2H3. The summed E-state index contributed by atoms with van der Waals surface area (Å²) in [5, 5.41) is 3.33. The Balaban J connectivity index is 1.70. The van der Waals surface area contributed by atoms with Gasteiger partial charge < -0.3 is 15.1 Å². The highest BCUT2D eigenvalue weighted by atomic mass is 32.2. The van der Waals surface area contributed by atoms with Crippen molar-refractivity contribution in [2.75, 3.05) is 25.9 Å². The van der Waals surface area contributed by atoms with Crippen molar-refractivity contribution in [3.63, 3.8) is 0 Å². The first kappa shape index (κ1) is 16.6. The first-order valence-corrected chi connectivity index (χ1v) is 9.43. The number of thioether (sulfide) groups is 1. The number of amides is 2. The van der Waals surface area contributed by atoms with Crippen molar-refractivity contribution in [1.29, 1.82) is 0 Å². The summed E-state index contributed by atoms with van der Waals surface area (Å²) in [6.07, 6.45) is 3.93. The van der Waals surface area contributed by atoms with Crippen molar-refractivity contribution in [1.82, 2.24) is 15.1 Å². The van der Waals surface area contributed by atoms with Gasteiger partial charge in [0.2, 0.25) is 0 Å². The summed E-state index contributed by atoms with van der Waals surface area (Å²) >= 11 is 1.52. The van der Waals surface area contributed by atoms with E-state index in [0.29, 0.717) is 24.7 Å². The average Bonchev–Trinajstić information content (AvgIpc) is 2.84. The van der Waals surface area contributed by atoms with Gasteiger partial charge >= 0.3 is 6.03 Å². The van der Waals surface area contributed by atoms with Gasteiger partial charge in [0.05, 0.1) is 6.54 Å². The molecule has 1 aromatic carbocycles. The summed E-state index contributed by atoms with van der Waals surface area (Å²) in [5.74, 6) is -0.224. The molecule has 0 radical (unpaired) electrons. The summed E-state index contributed by atoms with van der Waals surface area (Å²) in [6, 6.07) is 5.82. The molecule has 0 bridgehead atoms. The number of piperidine rings is 1. The van der Waals surface area contributed by atoms with Crippen LogP contribution in [0.2, 0.25) is 0 Å². The maximum absolute atomic E-state index is 14.2. The predicted molar refractivity (Wildman–Crippen MR) is 91.2 cm³/mol. The van der Waals surface area contributed by atoms with Crippen LogP contribution in [0.15, 0.2) is 23.1 Å². The second kappa shape index (κ2) is 7.09. The van der Waals surface area contributed by atoms with Gasteiger partial charge in [0.25, 0.3) is 0 Å². The van der Waals surface area contributed by atoms with Crippen LogP contribution in [-0.2, 0) is 6.54 Å². The molecule has 2 heterocycles. The third-order valence-corrected chi connectivity index (χ3v) is 5.50. The van der Waals surface area contributed by atoms with Crippen molar-refractivity contribution >= 4 is 17.8 Å². The quantitative estimate of drug-likeness (QED) is 0.858. The molecular formula is C17H24FN3OS. The average molecular weight is 337 g/mol. The highest BCUT2D eigenvalue weighted by Crippen LogP contribution is 2.26. The van der Waals surface area contributed by atoms with Gasteiger partial charge in [0, 0.05) is 29.1 Å². The Bertz CT molecular complexity index is 577. The van der Waals surface area contributed by atoms with Crippen LogP contribution < -0.4 is 5.32 Å². The number of hydrogen-bond acceptors (Lipinski definition) is 3. The van der Waals surface area contributed by atoms with Crippen molar-refractivity contribution in [2.45, 2.75) is 43.3 Å². The molecule has 1 atom stereocenters. The van der Waals surface area contributed by atoms with E-state index in [2.05, 4.69) is 12.2 Å². The Morgan fingerprint density at radius 3 is 2.74 bits per heavy atom. The number of urea groups is 1. The first-order chi connectivity index (χ1) is 11.1. The SMILES string of the molecule is CSc1ccc(CN2CC(C)N(C3CCNCC3)C2=O)c(F)c1. The zero-order valence-electron chi connectivity index (χ0n) is 13.7.